The largest absolute Gasteiger partial charge is 0.494 e. The highest BCUT2D eigenvalue weighted by Gasteiger charge is 2.40. The molecule has 32 heavy (non-hydrogen) atoms. The molecule has 0 saturated carbocycles. The molecule has 2 amide bonds. The van der Waals surface area contributed by atoms with Gasteiger partial charge in [-0.2, -0.15) is 0 Å². The normalized spacial score (nSPS) is 13.7. The predicted molar refractivity (Wildman–Crippen MR) is 129 cm³/mol. The second kappa shape index (κ2) is 9.51. The molecule has 0 aliphatic carbocycles. The molecule has 0 aromatic heterocycles. The second-order valence-electron chi connectivity index (χ2n) is 7.13. The van der Waals surface area contributed by atoms with Crippen molar-refractivity contribution in [1.29, 1.82) is 0 Å². The third-order valence-corrected chi connectivity index (χ3v) is 6.11. The molecular formula is C25H21ClN2O3S. The van der Waals surface area contributed by atoms with Crippen molar-refractivity contribution in [1.82, 2.24) is 0 Å². The quantitative estimate of drug-likeness (QED) is 0.432. The minimum absolute atomic E-state index is 0.245. The number of amides is 2. The maximum absolute atomic E-state index is 13.4. The van der Waals surface area contributed by atoms with Crippen LogP contribution in [0.25, 0.3) is 0 Å². The van der Waals surface area contributed by atoms with Crippen LogP contribution in [0.1, 0.15) is 12.5 Å². The number of imide groups is 1. The molecule has 0 fully saturated rings. The number of ether oxygens (including phenoxy) is 1. The molecule has 0 bridgehead atoms. The first-order valence-corrected chi connectivity index (χ1v) is 11.3. The van der Waals surface area contributed by atoms with Crippen LogP contribution in [-0.2, 0) is 9.59 Å². The van der Waals surface area contributed by atoms with E-state index in [1.165, 1.54) is 16.7 Å². The highest BCUT2D eigenvalue weighted by atomic mass is 35.5. The maximum Gasteiger partial charge on any atom is 0.283 e. The van der Waals surface area contributed by atoms with Gasteiger partial charge >= 0.3 is 0 Å². The molecule has 5 nitrogen and oxygen atoms in total. The Hall–Kier alpha value is -3.22. The van der Waals surface area contributed by atoms with Gasteiger partial charge in [0.25, 0.3) is 11.8 Å². The number of anilines is 2. The molecule has 3 aromatic carbocycles. The average Bonchev–Trinajstić information content (AvgIpc) is 3.00. The van der Waals surface area contributed by atoms with Gasteiger partial charge in [-0.3, -0.25) is 9.59 Å². The van der Waals surface area contributed by atoms with Crippen molar-refractivity contribution < 1.29 is 14.3 Å². The summed E-state index contributed by atoms with van der Waals surface area (Å²) in [5.74, 6) is -0.108. The van der Waals surface area contributed by atoms with Gasteiger partial charge < -0.3 is 10.1 Å². The number of rotatable bonds is 7. The van der Waals surface area contributed by atoms with Gasteiger partial charge in [0.05, 0.1) is 12.3 Å². The number of nitrogens with zero attached hydrogens (tertiary/aromatic N) is 1. The Morgan fingerprint density at radius 3 is 2.34 bits per heavy atom. The van der Waals surface area contributed by atoms with Crippen molar-refractivity contribution in [3.05, 3.63) is 94.0 Å². The molecule has 0 spiro atoms. The Kier molecular flexibility index (Phi) is 6.53. The van der Waals surface area contributed by atoms with Crippen LogP contribution in [0.15, 0.2) is 88.3 Å². The summed E-state index contributed by atoms with van der Waals surface area (Å²) in [5, 5.41) is 3.77. The summed E-state index contributed by atoms with van der Waals surface area (Å²) >= 11 is 7.23. The minimum Gasteiger partial charge on any atom is -0.494 e. The van der Waals surface area contributed by atoms with E-state index < -0.39 is 5.91 Å². The lowest BCUT2D eigenvalue weighted by atomic mass is 10.2. The number of carbonyl (C=O) groups excluding carboxylic acids is 2. The highest BCUT2D eigenvalue weighted by Crippen LogP contribution is 2.38. The molecule has 1 heterocycles. The zero-order valence-corrected chi connectivity index (χ0v) is 19.2. The summed E-state index contributed by atoms with van der Waals surface area (Å²) in [5.41, 5.74) is 2.51. The lowest BCUT2D eigenvalue weighted by Gasteiger charge is -2.16. The monoisotopic (exact) mass is 464 g/mol. The van der Waals surface area contributed by atoms with Gasteiger partial charge in [-0.1, -0.05) is 35.5 Å². The smallest absolute Gasteiger partial charge is 0.283 e. The van der Waals surface area contributed by atoms with E-state index in [9.17, 15) is 9.59 Å². The molecule has 162 valence electrons. The number of halogens is 1. The fraction of sp³-hybridized carbons (Fsp3) is 0.120. The van der Waals surface area contributed by atoms with E-state index in [-0.39, 0.29) is 11.6 Å². The molecule has 7 heteroatoms. The second-order valence-corrected chi connectivity index (χ2v) is 8.65. The molecule has 0 saturated heterocycles. The van der Waals surface area contributed by atoms with Crippen molar-refractivity contribution in [2.45, 2.75) is 18.7 Å². The van der Waals surface area contributed by atoms with E-state index in [1.807, 2.05) is 50.2 Å². The van der Waals surface area contributed by atoms with Crippen LogP contribution >= 0.6 is 23.4 Å². The average molecular weight is 465 g/mol. The maximum atomic E-state index is 13.4. The number of nitrogens with one attached hydrogen (secondary N) is 1. The van der Waals surface area contributed by atoms with E-state index in [0.717, 1.165) is 16.1 Å². The highest BCUT2D eigenvalue weighted by molar-refractivity contribution is 8.04. The van der Waals surface area contributed by atoms with E-state index in [0.29, 0.717) is 28.0 Å². The number of carbonyl (C=O) groups is 2. The number of hydrogen-bond acceptors (Lipinski definition) is 5. The Labute approximate surface area is 196 Å². The van der Waals surface area contributed by atoms with Gasteiger partial charge in [0.1, 0.15) is 16.4 Å². The number of benzene rings is 3. The summed E-state index contributed by atoms with van der Waals surface area (Å²) in [6.45, 7) is 4.40. The van der Waals surface area contributed by atoms with Gasteiger partial charge in [-0.25, -0.2) is 4.90 Å². The van der Waals surface area contributed by atoms with E-state index in [1.54, 1.807) is 36.4 Å². The third kappa shape index (κ3) is 4.66. The molecule has 1 N–H and O–H groups in total. The van der Waals surface area contributed by atoms with Crippen molar-refractivity contribution in [2.75, 3.05) is 16.8 Å². The van der Waals surface area contributed by atoms with Crippen molar-refractivity contribution >= 4 is 46.6 Å². The standard InChI is InChI=1S/C25H21ClN2O3S/c1-3-31-20-11-9-19(10-12-20)28-24(29)22(27-18-6-4-5-16(2)15-18)23(25(28)30)32-21-13-7-17(26)8-14-21/h4-15,27H,3H2,1-2H3. The van der Waals surface area contributed by atoms with Crippen LogP contribution in [0.2, 0.25) is 5.02 Å². The van der Waals surface area contributed by atoms with Crippen LogP contribution in [0.4, 0.5) is 11.4 Å². The summed E-state index contributed by atoms with van der Waals surface area (Å²) in [6.07, 6.45) is 0. The first-order valence-electron chi connectivity index (χ1n) is 10.1. The molecular weight excluding hydrogens is 444 g/mol. The zero-order valence-electron chi connectivity index (χ0n) is 17.6. The van der Waals surface area contributed by atoms with Gasteiger partial charge in [-0.05, 0) is 80.1 Å². The first kappa shape index (κ1) is 22.0. The molecule has 0 unspecified atom stereocenters. The zero-order chi connectivity index (χ0) is 22.7. The number of thioether (sulfide) groups is 1. The van der Waals surface area contributed by atoms with Gasteiger partial charge in [0, 0.05) is 15.6 Å². The number of aryl methyl sites for hydroxylation is 1. The van der Waals surface area contributed by atoms with Crippen LogP contribution < -0.4 is 15.0 Å². The first-order chi connectivity index (χ1) is 15.5. The van der Waals surface area contributed by atoms with Crippen LogP contribution in [0.3, 0.4) is 0 Å². The minimum atomic E-state index is -0.405. The van der Waals surface area contributed by atoms with Crippen molar-refractivity contribution in [3.8, 4) is 5.75 Å². The Balaban J connectivity index is 1.70. The Morgan fingerprint density at radius 2 is 1.69 bits per heavy atom. The van der Waals surface area contributed by atoms with E-state index >= 15 is 0 Å². The van der Waals surface area contributed by atoms with Crippen LogP contribution in [-0.4, -0.2) is 18.4 Å². The number of hydrogen-bond donors (Lipinski definition) is 1. The molecule has 3 aromatic rings. The fourth-order valence-corrected chi connectivity index (χ4v) is 4.35. The van der Waals surface area contributed by atoms with Crippen LogP contribution in [0, 0.1) is 6.92 Å². The lowest BCUT2D eigenvalue weighted by Crippen LogP contribution is -2.32. The fourth-order valence-electron chi connectivity index (χ4n) is 3.29. The SMILES string of the molecule is CCOc1ccc(N2C(=O)C(Nc3cccc(C)c3)=C(Sc3ccc(Cl)cc3)C2=O)cc1. The Bertz CT molecular complexity index is 1190. The topological polar surface area (TPSA) is 58.6 Å². The lowest BCUT2D eigenvalue weighted by molar-refractivity contribution is -0.120. The van der Waals surface area contributed by atoms with Gasteiger partial charge in [0.15, 0.2) is 0 Å². The molecule has 1 aliphatic heterocycles. The van der Waals surface area contributed by atoms with E-state index in [4.69, 9.17) is 16.3 Å². The van der Waals surface area contributed by atoms with Crippen molar-refractivity contribution in [3.63, 3.8) is 0 Å². The van der Waals surface area contributed by atoms with Gasteiger partial charge in [0.2, 0.25) is 0 Å². The molecule has 0 atom stereocenters. The molecule has 0 radical (unpaired) electrons. The molecule has 4 rings (SSSR count). The molecule has 1 aliphatic rings. The summed E-state index contributed by atoms with van der Waals surface area (Å²) in [6, 6.07) is 21.7. The van der Waals surface area contributed by atoms with E-state index in [2.05, 4.69) is 5.32 Å². The Morgan fingerprint density at radius 1 is 0.969 bits per heavy atom. The summed E-state index contributed by atoms with van der Waals surface area (Å²) in [7, 11) is 0. The van der Waals surface area contributed by atoms with Gasteiger partial charge in [-0.15, -0.1) is 0 Å². The van der Waals surface area contributed by atoms with Crippen LogP contribution in [0.5, 0.6) is 5.75 Å². The summed E-state index contributed by atoms with van der Waals surface area (Å²) < 4.78 is 5.47. The van der Waals surface area contributed by atoms with Crippen molar-refractivity contribution in [2.24, 2.45) is 0 Å². The third-order valence-electron chi connectivity index (χ3n) is 4.77. The summed E-state index contributed by atoms with van der Waals surface area (Å²) in [4.78, 5) is 29.1. The predicted octanol–water partition coefficient (Wildman–Crippen LogP) is 6.04.